The summed E-state index contributed by atoms with van der Waals surface area (Å²) in [4.78, 5) is 0. The molecule has 3 N–H and O–H groups in total. The molecule has 88 valence electrons. The smallest absolute Gasteiger partial charge is 0.0108 e. The highest BCUT2D eigenvalue weighted by atomic mass is 15.0. The molecule has 2 aliphatic rings. The zero-order valence-electron chi connectivity index (χ0n) is 10.1. The van der Waals surface area contributed by atoms with Crippen LogP contribution in [-0.2, 0) is 0 Å². The van der Waals surface area contributed by atoms with Crippen LogP contribution in [0.4, 0.5) is 0 Å². The molecule has 0 aromatic carbocycles. The van der Waals surface area contributed by atoms with Crippen LogP contribution in [0.25, 0.3) is 0 Å². The van der Waals surface area contributed by atoms with E-state index in [1.807, 2.05) is 0 Å². The maximum absolute atomic E-state index is 5.80. The Labute approximate surface area is 94.0 Å². The van der Waals surface area contributed by atoms with E-state index in [2.05, 4.69) is 12.2 Å². The fourth-order valence-electron chi connectivity index (χ4n) is 3.16. The van der Waals surface area contributed by atoms with E-state index in [4.69, 9.17) is 5.73 Å². The van der Waals surface area contributed by atoms with Crippen molar-refractivity contribution in [1.29, 1.82) is 0 Å². The Bertz CT molecular complexity index is 199. The third-order valence-electron chi connectivity index (χ3n) is 4.44. The molecule has 0 aromatic rings. The predicted molar refractivity (Wildman–Crippen MR) is 64.8 cm³/mol. The summed E-state index contributed by atoms with van der Waals surface area (Å²) in [7, 11) is 0. The third-order valence-corrected chi connectivity index (χ3v) is 4.44. The van der Waals surface area contributed by atoms with Gasteiger partial charge in [0, 0.05) is 12.6 Å². The molecule has 15 heavy (non-hydrogen) atoms. The minimum atomic E-state index is 0.691. The molecule has 2 heteroatoms. The van der Waals surface area contributed by atoms with Gasteiger partial charge in [0.15, 0.2) is 0 Å². The minimum absolute atomic E-state index is 0.691. The summed E-state index contributed by atoms with van der Waals surface area (Å²) < 4.78 is 0. The first kappa shape index (κ1) is 11.4. The fourth-order valence-corrected chi connectivity index (χ4v) is 3.16. The van der Waals surface area contributed by atoms with Crippen LogP contribution in [0.15, 0.2) is 0 Å². The van der Waals surface area contributed by atoms with E-state index in [9.17, 15) is 0 Å². The van der Waals surface area contributed by atoms with Crippen LogP contribution < -0.4 is 11.1 Å². The summed E-state index contributed by atoms with van der Waals surface area (Å²) in [6, 6.07) is 0.726. The van der Waals surface area contributed by atoms with Gasteiger partial charge in [0.05, 0.1) is 0 Å². The molecule has 0 saturated heterocycles. The molecular weight excluding hydrogens is 184 g/mol. The number of nitrogens with two attached hydrogens (primary N) is 1. The molecule has 0 aromatic heterocycles. The lowest BCUT2D eigenvalue weighted by atomic mass is 9.98. The van der Waals surface area contributed by atoms with Crippen LogP contribution in [0, 0.1) is 11.3 Å². The molecule has 2 atom stereocenters. The van der Waals surface area contributed by atoms with Crippen LogP contribution in [-0.4, -0.2) is 19.1 Å². The average Bonchev–Trinajstić information content (AvgIpc) is 2.86. The third kappa shape index (κ3) is 2.73. The molecule has 2 nitrogen and oxygen atoms in total. The number of rotatable bonds is 6. The molecule has 2 saturated carbocycles. The highest BCUT2D eigenvalue weighted by molar-refractivity contribution is 4.96. The lowest BCUT2D eigenvalue weighted by Crippen LogP contribution is -2.39. The Morgan fingerprint density at radius 1 is 1.33 bits per heavy atom. The molecule has 2 fully saturated rings. The number of nitrogens with one attached hydrogen (secondary N) is 1. The van der Waals surface area contributed by atoms with Crippen LogP contribution in [0.1, 0.15) is 51.9 Å². The molecule has 0 bridgehead atoms. The van der Waals surface area contributed by atoms with Gasteiger partial charge >= 0.3 is 0 Å². The molecule has 0 spiro atoms. The highest BCUT2D eigenvalue weighted by Crippen LogP contribution is 2.49. The van der Waals surface area contributed by atoms with E-state index in [1.165, 1.54) is 51.5 Å². The van der Waals surface area contributed by atoms with Crippen molar-refractivity contribution in [2.75, 3.05) is 13.1 Å². The lowest BCUT2D eigenvalue weighted by molar-refractivity contribution is 0.345. The average molecular weight is 210 g/mol. The second-order valence-electron chi connectivity index (χ2n) is 5.66. The zero-order chi connectivity index (χ0) is 10.7. The largest absolute Gasteiger partial charge is 0.330 e. The second kappa shape index (κ2) is 4.84. The van der Waals surface area contributed by atoms with Crippen molar-refractivity contribution in [3.05, 3.63) is 0 Å². The summed E-state index contributed by atoms with van der Waals surface area (Å²) in [5, 5.41) is 3.79. The van der Waals surface area contributed by atoms with E-state index in [0.29, 0.717) is 5.41 Å². The van der Waals surface area contributed by atoms with E-state index in [0.717, 1.165) is 18.5 Å². The standard InChI is InChI=1S/C13H26N2/c1-2-6-13(7-8-13)10-15-12-5-3-4-11(12)9-14/h11-12,15H,2-10,14H2,1H3. The van der Waals surface area contributed by atoms with Crippen molar-refractivity contribution >= 4 is 0 Å². The number of hydrogen-bond donors (Lipinski definition) is 2. The van der Waals surface area contributed by atoms with Gasteiger partial charge in [0.2, 0.25) is 0 Å². The molecule has 2 aliphatic carbocycles. The second-order valence-corrected chi connectivity index (χ2v) is 5.66. The first-order valence-electron chi connectivity index (χ1n) is 6.73. The summed E-state index contributed by atoms with van der Waals surface area (Å²) in [6.07, 6.45) is 9.73. The minimum Gasteiger partial charge on any atom is -0.330 e. The maximum Gasteiger partial charge on any atom is 0.0108 e. The maximum atomic E-state index is 5.80. The van der Waals surface area contributed by atoms with E-state index < -0.39 is 0 Å². The Balaban J connectivity index is 1.73. The lowest BCUT2D eigenvalue weighted by Gasteiger charge is -2.23. The first-order valence-corrected chi connectivity index (χ1v) is 6.73. The van der Waals surface area contributed by atoms with E-state index in [1.54, 1.807) is 0 Å². The van der Waals surface area contributed by atoms with Crippen LogP contribution in [0.5, 0.6) is 0 Å². The Morgan fingerprint density at radius 2 is 2.13 bits per heavy atom. The Kier molecular flexibility index (Phi) is 3.68. The van der Waals surface area contributed by atoms with E-state index >= 15 is 0 Å². The topological polar surface area (TPSA) is 38.0 Å². The Hall–Kier alpha value is -0.0800. The molecular formula is C13H26N2. The highest BCUT2D eigenvalue weighted by Gasteiger charge is 2.42. The molecule has 0 amide bonds. The van der Waals surface area contributed by atoms with Gasteiger partial charge in [-0.2, -0.15) is 0 Å². The summed E-state index contributed by atoms with van der Waals surface area (Å²) in [6.45, 7) is 4.43. The van der Waals surface area contributed by atoms with Gasteiger partial charge in [-0.1, -0.05) is 19.8 Å². The van der Waals surface area contributed by atoms with Gasteiger partial charge in [-0.15, -0.1) is 0 Å². The molecule has 0 aliphatic heterocycles. The molecule has 2 rings (SSSR count). The van der Waals surface area contributed by atoms with Gasteiger partial charge in [-0.3, -0.25) is 0 Å². The van der Waals surface area contributed by atoms with E-state index in [-0.39, 0.29) is 0 Å². The summed E-state index contributed by atoms with van der Waals surface area (Å²) >= 11 is 0. The molecule has 2 unspecified atom stereocenters. The van der Waals surface area contributed by atoms with Crippen LogP contribution in [0.2, 0.25) is 0 Å². The van der Waals surface area contributed by atoms with Crippen molar-refractivity contribution in [1.82, 2.24) is 5.32 Å². The monoisotopic (exact) mass is 210 g/mol. The predicted octanol–water partition coefficient (Wildman–Crippen LogP) is 2.28. The first-order chi connectivity index (χ1) is 7.29. The van der Waals surface area contributed by atoms with Gasteiger partial charge in [-0.25, -0.2) is 0 Å². The van der Waals surface area contributed by atoms with Crippen molar-refractivity contribution in [3.8, 4) is 0 Å². The van der Waals surface area contributed by atoms with Crippen molar-refractivity contribution in [2.24, 2.45) is 17.1 Å². The quantitative estimate of drug-likeness (QED) is 0.706. The normalized spacial score (nSPS) is 33.2. The summed E-state index contributed by atoms with van der Waals surface area (Å²) in [5.74, 6) is 0.752. The number of hydrogen-bond acceptors (Lipinski definition) is 2. The van der Waals surface area contributed by atoms with Crippen molar-refractivity contribution in [3.63, 3.8) is 0 Å². The fraction of sp³-hybridized carbons (Fsp3) is 1.00. The molecule has 0 radical (unpaired) electrons. The van der Waals surface area contributed by atoms with Crippen LogP contribution >= 0.6 is 0 Å². The Morgan fingerprint density at radius 3 is 2.73 bits per heavy atom. The zero-order valence-corrected chi connectivity index (χ0v) is 10.1. The van der Waals surface area contributed by atoms with Crippen LogP contribution in [0.3, 0.4) is 0 Å². The van der Waals surface area contributed by atoms with Gasteiger partial charge in [-0.05, 0) is 50.0 Å². The SMILES string of the molecule is CCCC1(CNC2CCCC2CN)CC1. The van der Waals surface area contributed by atoms with Gasteiger partial charge in [0.1, 0.15) is 0 Å². The van der Waals surface area contributed by atoms with Crippen molar-refractivity contribution in [2.45, 2.75) is 57.9 Å². The summed E-state index contributed by atoms with van der Waals surface area (Å²) in [5.41, 5.74) is 6.49. The molecule has 0 heterocycles. The van der Waals surface area contributed by atoms with Gasteiger partial charge < -0.3 is 11.1 Å². The van der Waals surface area contributed by atoms with Gasteiger partial charge in [0.25, 0.3) is 0 Å². The van der Waals surface area contributed by atoms with Crippen molar-refractivity contribution < 1.29 is 0 Å².